The minimum atomic E-state index is 0.0741. The molecule has 0 N–H and O–H groups in total. The van der Waals surface area contributed by atoms with E-state index in [0.29, 0.717) is 5.69 Å². The van der Waals surface area contributed by atoms with E-state index in [-0.39, 0.29) is 11.7 Å². The zero-order valence-electron chi connectivity index (χ0n) is 12.1. The molecule has 22 heavy (non-hydrogen) atoms. The molecule has 3 rings (SSSR count). The van der Waals surface area contributed by atoms with Gasteiger partial charge < -0.3 is 4.90 Å². The van der Waals surface area contributed by atoms with Gasteiger partial charge in [0.15, 0.2) is 11.5 Å². The molecule has 1 fully saturated rings. The monoisotopic (exact) mass is 292 g/mol. The van der Waals surface area contributed by atoms with E-state index in [4.69, 9.17) is 5.26 Å². The van der Waals surface area contributed by atoms with Crippen LogP contribution in [-0.2, 0) is 0 Å². The van der Waals surface area contributed by atoms with E-state index in [1.54, 1.807) is 6.20 Å². The van der Waals surface area contributed by atoms with Crippen LogP contribution in [0.5, 0.6) is 0 Å². The Morgan fingerprint density at radius 1 is 1.14 bits per heavy atom. The van der Waals surface area contributed by atoms with Gasteiger partial charge >= 0.3 is 0 Å². The fourth-order valence-corrected chi connectivity index (χ4v) is 2.75. The van der Waals surface area contributed by atoms with Gasteiger partial charge in [-0.15, -0.1) is 0 Å². The molecule has 0 radical (unpaired) electrons. The molecule has 1 aliphatic rings. The number of nitrogens with zero attached hydrogens (tertiary/aromatic N) is 4. The molecule has 0 atom stereocenters. The van der Waals surface area contributed by atoms with E-state index in [1.807, 2.05) is 36.4 Å². The van der Waals surface area contributed by atoms with Gasteiger partial charge in [0.1, 0.15) is 11.9 Å². The summed E-state index contributed by atoms with van der Waals surface area (Å²) in [6.45, 7) is 1.56. The van der Waals surface area contributed by atoms with E-state index < -0.39 is 0 Å². The van der Waals surface area contributed by atoms with E-state index >= 15 is 0 Å². The maximum Gasteiger partial charge on any atom is 0.166 e. The Hall–Kier alpha value is -2.74. The number of aromatic nitrogens is 2. The lowest BCUT2D eigenvalue weighted by atomic mass is 9.89. The molecule has 1 aliphatic heterocycles. The number of hydrogen-bond donors (Lipinski definition) is 0. The summed E-state index contributed by atoms with van der Waals surface area (Å²) in [5.41, 5.74) is 1.11. The number of carbonyl (C=O) groups excluding carboxylic acids is 1. The van der Waals surface area contributed by atoms with Crippen molar-refractivity contribution in [3.8, 4) is 6.07 Å². The van der Waals surface area contributed by atoms with Gasteiger partial charge in [-0.25, -0.2) is 9.97 Å². The lowest BCUT2D eigenvalue weighted by Gasteiger charge is -2.31. The van der Waals surface area contributed by atoms with Gasteiger partial charge in [-0.2, -0.15) is 5.26 Å². The summed E-state index contributed by atoms with van der Waals surface area (Å²) < 4.78 is 0. The van der Waals surface area contributed by atoms with Crippen LogP contribution in [0.25, 0.3) is 0 Å². The van der Waals surface area contributed by atoms with Crippen molar-refractivity contribution in [3.63, 3.8) is 0 Å². The lowest BCUT2D eigenvalue weighted by molar-refractivity contribution is 0.0900. The Balaban J connectivity index is 1.62. The minimum Gasteiger partial charge on any atom is -0.355 e. The molecule has 5 nitrogen and oxygen atoms in total. The van der Waals surface area contributed by atoms with E-state index in [2.05, 4.69) is 14.9 Å². The molecule has 0 amide bonds. The van der Waals surface area contributed by atoms with Crippen LogP contribution < -0.4 is 4.90 Å². The average Bonchev–Trinajstić information content (AvgIpc) is 2.62. The summed E-state index contributed by atoms with van der Waals surface area (Å²) in [5.74, 6) is 1.07. The Morgan fingerprint density at radius 3 is 2.45 bits per heavy atom. The van der Waals surface area contributed by atoms with Gasteiger partial charge in [-0.3, -0.25) is 4.79 Å². The zero-order valence-corrected chi connectivity index (χ0v) is 12.1. The molecular formula is C17H16N4O. The van der Waals surface area contributed by atoms with Gasteiger partial charge in [-0.05, 0) is 12.8 Å². The molecule has 1 saturated heterocycles. The van der Waals surface area contributed by atoms with Gasteiger partial charge in [0.2, 0.25) is 0 Å². The van der Waals surface area contributed by atoms with Crippen molar-refractivity contribution >= 4 is 11.6 Å². The van der Waals surface area contributed by atoms with Crippen molar-refractivity contribution < 1.29 is 4.79 Å². The Bertz CT molecular complexity index is 683. The number of piperidine rings is 1. The summed E-state index contributed by atoms with van der Waals surface area (Å²) >= 11 is 0. The highest BCUT2D eigenvalue weighted by Gasteiger charge is 2.26. The predicted molar refractivity (Wildman–Crippen MR) is 82.5 cm³/mol. The number of ketones is 1. The molecular weight excluding hydrogens is 276 g/mol. The molecule has 1 aromatic carbocycles. The van der Waals surface area contributed by atoms with E-state index in [9.17, 15) is 4.79 Å². The predicted octanol–water partition coefficient (Wildman–Crippen LogP) is 2.45. The quantitative estimate of drug-likeness (QED) is 0.813. The van der Waals surface area contributed by atoms with Crippen LogP contribution in [0, 0.1) is 17.2 Å². The second-order valence-corrected chi connectivity index (χ2v) is 5.36. The van der Waals surface area contributed by atoms with Crippen LogP contribution in [0.3, 0.4) is 0 Å². The standard InChI is InChI=1S/C17H16N4O/c18-10-15-11-20-16(12-19-15)21-8-6-14(7-9-21)17(22)13-4-2-1-3-5-13/h1-5,11-12,14H,6-9H2. The van der Waals surface area contributed by atoms with Gasteiger partial charge in [-0.1, -0.05) is 30.3 Å². The number of carbonyl (C=O) groups is 1. The molecule has 0 bridgehead atoms. The first-order chi connectivity index (χ1) is 10.8. The van der Waals surface area contributed by atoms with Crippen molar-refractivity contribution in [2.75, 3.05) is 18.0 Å². The Morgan fingerprint density at radius 2 is 1.86 bits per heavy atom. The minimum absolute atomic E-state index is 0.0741. The number of hydrogen-bond acceptors (Lipinski definition) is 5. The Labute approximate surface area is 129 Å². The number of rotatable bonds is 3. The second kappa shape index (κ2) is 6.35. The maximum atomic E-state index is 12.4. The summed E-state index contributed by atoms with van der Waals surface area (Å²) in [6.07, 6.45) is 4.74. The highest BCUT2D eigenvalue weighted by molar-refractivity contribution is 5.97. The first kappa shape index (κ1) is 14.2. The summed E-state index contributed by atoms with van der Waals surface area (Å²) in [7, 11) is 0. The van der Waals surface area contributed by atoms with Gasteiger partial charge in [0, 0.05) is 24.6 Å². The summed E-state index contributed by atoms with van der Waals surface area (Å²) in [5, 5.41) is 8.74. The van der Waals surface area contributed by atoms with Crippen LogP contribution in [0.4, 0.5) is 5.82 Å². The average molecular weight is 292 g/mol. The van der Waals surface area contributed by atoms with Crippen molar-refractivity contribution in [1.82, 2.24) is 9.97 Å². The summed E-state index contributed by atoms with van der Waals surface area (Å²) in [4.78, 5) is 22.9. The fraction of sp³-hybridized carbons (Fsp3) is 0.294. The zero-order chi connectivity index (χ0) is 15.4. The van der Waals surface area contributed by atoms with Crippen molar-refractivity contribution in [1.29, 1.82) is 5.26 Å². The van der Waals surface area contributed by atoms with Crippen LogP contribution in [-0.4, -0.2) is 28.8 Å². The SMILES string of the molecule is N#Cc1cnc(N2CCC(C(=O)c3ccccc3)CC2)cn1. The van der Waals surface area contributed by atoms with Gasteiger partial charge in [0.05, 0.1) is 12.4 Å². The number of benzene rings is 1. The highest BCUT2D eigenvalue weighted by Crippen LogP contribution is 2.24. The molecule has 110 valence electrons. The van der Waals surface area contributed by atoms with E-state index in [1.165, 1.54) is 6.20 Å². The molecule has 0 unspecified atom stereocenters. The summed E-state index contributed by atoms with van der Waals surface area (Å²) in [6, 6.07) is 11.4. The van der Waals surface area contributed by atoms with Crippen LogP contribution >= 0.6 is 0 Å². The van der Waals surface area contributed by atoms with E-state index in [0.717, 1.165) is 37.3 Å². The van der Waals surface area contributed by atoms with Crippen molar-refractivity contribution in [2.24, 2.45) is 5.92 Å². The third kappa shape index (κ3) is 2.96. The molecule has 1 aromatic heterocycles. The van der Waals surface area contributed by atoms with Gasteiger partial charge in [0.25, 0.3) is 0 Å². The van der Waals surface area contributed by atoms with Crippen molar-refractivity contribution in [3.05, 3.63) is 54.0 Å². The lowest BCUT2D eigenvalue weighted by Crippen LogP contribution is -2.36. The highest BCUT2D eigenvalue weighted by atomic mass is 16.1. The smallest absolute Gasteiger partial charge is 0.166 e. The number of nitriles is 1. The first-order valence-electron chi connectivity index (χ1n) is 7.34. The molecule has 2 aromatic rings. The topological polar surface area (TPSA) is 69.9 Å². The molecule has 0 aliphatic carbocycles. The third-order valence-electron chi connectivity index (χ3n) is 4.00. The largest absolute Gasteiger partial charge is 0.355 e. The molecule has 5 heteroatoms. The molecule has 0 saturated carbocycles. The first-order valence-corrected chi connectivity index (χ1v) is 7.34. The molecule has 0 spiro atoms. The number of anilines is 1. The fourth-order valence-electron chi connectivity index (χ4n) is 2.75. The second-order valence-electron chi connectivity index (χ2n) is 5.36. The normalized spacial score (nSPS) is 15.3. The van der Waals surface area contributed by atoms with Crippen LogP contribution in [0.15, 0.2) is 42.7 Å². The maximum absolute atomic E-state index is 12.4. The van der Waals surface area contributed by atoms with Crippen molar-refractivity contribution in [2.45, 2.75) is 12.8 Å². The molecule has 2 heterocycles. The number of Topliss-reactive ketones (excluding diaryl/α,β-unsaturated/α-hetero) is 1. The Kier molecular flexibility index (Phi) is 4.10. The van der Waals surface area contributed by atoms with Crippen LogP contribution in [0.1, 0.15) is 28.9 Å². The third-order valence-corrected chi connectivity index (χ3v) is 4.00. The van der Waals surface area contributed by atoms with Crippen LogP contribution in [0.2, 0.25) is 0 Å².